The van der Waals surface area contributed by atoms with Crippen LogP contribution in [0.25, 0.3) is 11.0 Å². The van der Waals surface area contributed by atoms with Crippen LogP contribution in [0.5, 0.6) is 0 Å². The first-order valence-corrected chi connectivity index (χ1v) is 7.31. The lowest BCUT2D eigenvalue weighted by atomic mass is 10.1. The number of nitrogens with one attached hydrogen (secondary N) is 3. The highest BCUT2D eigenvalue weighted by Gasteiger charge is 2.10. The van der Waals surface area contributed by atoms with Crippen LogP contribution in [0.1, 0.15) is 44.2 Å². The minimum atomic E-state index is -0.223. The largest absolute Gasteiger partial charge is 0.350 e. The molecule has 114 valence electrons. The third kappa shape index (κ3) is 4.19. The molecule has 0 radical (unpaired) electrons. The number of H-pyrrole nitrogens is 2. The van der Waals surface area contributed by atoms with Gasteiger partial charge in [-0.3, -0.25) is 4.79 Å². The number of aromatic amines is 2. The van der Waals surface area contributed by atoms with Crippen LogP contribution in [-0.2, 0) is 4.79 Å². The molecule has 1 heterocycles. The second-order valence-electron chi connectivity index (χ2n) is 5.27. The molecule has 0 bridgehead atoms. The molecular formula is C15H22N4O2. The molecule has 0 aliphatic carbocycles. The average Bonchev–Trinajstić information content (AvgIpc) is 2.82. The Hall–Kier alpha value is -2.08. The lowest BCUT2D eigenvalue weighted by molar-refractivity contribution is -0.121. The highest BCUT2D eigenvalue weighted by Crippen LogP contribution is 2.17. The molecule has 1 amide bonds. The topological polar surface area (TPSA) is 104 Å². The van der Waals surface area contributed by atoms with Crippen LogP contribution in [0.2, 0.25) is 0 Å². The fraction of sp³-hybridized carbons (Fsp3) is 0.467. The van der Waals surface area contributed by atoms with Crippen molar-refractivity contribution in [3.8, 4) is 0 Å². The van der Waals surface area contributed by atoms with Crippen molar-refractivity contribution in [1.82, 2.24) is 15.3 Å². The van der Waals surface area contributed by atoms with E-state index in [1.807, 2.05) is 25.1 Å². The lowest BCUT2D eigenvalue weighted by Crippen LogP contribution is -2.26. The van der Waals surface area contributed by atoms with Gasteiger partial charge in [-0.2, -0.15) is 0 Å². The number of unbranched alkanes of at least 4 members (excludes halogenated alkanes) is 2. The summed E-state index contributed by atoms with van der Waals surface area (Å²) < 4.78 is 0. The molecule has 0 saturated heterocycles. The van der Waals surface area contributed by atoms with Crippen molar-refractivity contribution in [1.29, 1.82) is 0 Å². The molecule has 5 N–H and O–H groups in total. The maximum Gasteiger partial charge on any atom is 0.323 e. The molecule has 0 saturated carbocycles. The minimum Gasteiger partial charge on any atom is -0.350 e. The van der Waals surface area contributed by atoms with E-state index in [0.29, 0.717) is 13.0 Å². The van der Waals surface area contributed by atoms with Crippen LogP contribution >= 0.6 is 0 Å². The molecular weight excluding hydrogens is 268 g/mol. The standard InChI is InChI=1S/C15H22N4O2/c1-10(17-14(20)5-3-2-4-8-16)11-6-7-12-13(9-11)19-15(21)18-12/h6-7,9-10H,2-5,8,16H2,1H3,(H,17,20)(H2,18,19,21). The number of carbonyl (C=O) groups is 1. The van der Waals surface area contributed by atoms with Crippen LogP contribution in [0, 0.1) is 0 Å². The summed E-state index contributed by atoms with van der Waals surface area (Å²) in [6.07, 6.45) is 3.32. The van der Waals surface area contributed by atoms with E-state index in [-0.39, 0.29) is 17.6 Å². The molecule has 1 aromatic carbocycles. The number of aromatic nitrogens is 2. The second kappa shape index (κ2) is 7.08. The van der Waals surface area contributed by atoms with E-state index >= 15 is 0 Å². The predicted molar refractivity (Wildman–Crippen MR) is 83.0 cm³/mol. The zero-order valence-electron chi connectivity index (χ0n) is 12.2. The van der Waals surface area contributed by atoms with Crippen molar-refractivity contribution in [2.24, 2.45) is 5.73 Å². The van der Waals surface area contributed by atoms with Gasteiger partial charge in [0, 0.05) is 6.42 Å². The van der Waals surface area contributed by atoms with Crippen LogP contribution in [0.3, 0.4) is 0 Å². The van der Waals surface area contributed by atoms with Gasteiger partial charge in [0.25, 0.3) is 0 Å². The van der Waals surface area contributed by atoms with Gasteiger partial charge in [-0.1, -0.05) is 12.5 Å². The summed E-state index contributed by atoms with van der Waals surface area (Å²) in [6.45, 7) is 2.61. The fourth-order valence-corrected chi connectivity index (χ4v) is 2.32. The maximum atomic E-state index is 11.9. The van der Waals surface area contributed by atoms with Gasteiger partial charge in [-0.25, -0.2) is 4.79 Å². The Morgan fingerprint density at radius 1 is 1.24 bits per heavy atom. The zero-order chi connectivity index (χ0) is 15.2. The smallest absolute Gasteiger partial charge is 0.323 e. The molecule has 6 heteroatoms. The molecule has 0 aliphatic heterocycles. The number of nitrogens with two attached hydrogens (primary N) is 1. The maximum absolute atomic E-state index is 11.9. The Labute approximate surface area is 123 Å². The second-order valence-corrected chi connectivity index (χ2v) is 5.27. The Morgan fingerprint density at radius 2 is 2.00 bits per heavy atom. The molecule has 0 fully saturated rings. The minimum absolute atomic E-state index is 0.0437. The number of fused-ring (bicyclic) bond motifs is 1. The molecule has 2 aromatic rings. The van der Waals surface area contributed by atoms with Crippen molar-refractivity contribution in [3.63, 3.8) is 0 Å². The lowest BCUT2D eigenvalue weighted by Gasteiger charge is -2.14. The third-order valence-corrected chi connectivity index (χ3v) is 3.53. The van der Waals surface area contributed by atoms with Crippen LogP contribution in [-0.4, -0.2) is 22.4 Å². The summed E-state index contributed by atoms with van der Waals surface area (Å²) in [5.74, 6) is 0.0437. The van der Waals surface area contributed by atoms with E-state index < -0.39 is 0 Å². The van der Waals surface area contributed by atoms with Crippen molar-refractivity contribution >= 4 is 16.9 Å². The SMILES string of the molecule is CC(NC(=O)CCCCCN)c1ccc2[nH]c(=O)[nH]c2c1. The first-order chi connectivity index (χ1) is 10.1. The number of amides is 1. The van der Waals surface area contributed by atoms with Gasteiger partial charge in [0.05, 0.1) is 17.1 Å². The predicted octanol–water partition coefficient (Wildman–Crippen LogP) is 1.55. The highest BCUT2D eigenvalue weighted by molar-refractivity contribution is 5.77. The number of hydrogen-bond acceptors (Lipinski definition) is 3. The van der Waals surface area contributed by atoms with E-state index in [1.54, 1.807) is 0 Å². The fourth-order valence-electron chi connectivity index (χ4n) is 2.32. The first-order valence-electron chi connectivity index (χ1n) is 7.31. The van der Waals surface area contributed by atoms with E-state index in [0.717, 1.165) is 35.9 Å². The molecule has 21 heavy (non-hydrogen) atoms. The van der Waals surface area contributed by atoms with Crippen molar-refractivity contribution in [2.75, 3.05) is 6.54 Å². The zero-order valence-corrected chi connectivity index (χ0v) is 12.2. The van der Waals surface area contributed by atoms with Crippen molar-refractivity contribution < 1.29 is 4.79 Å². The summed E-state index contributed by atoms with van der Waals surface area (Å²) in [4.78, 5) is 28.5. The molecule has 6 nitrogen and oxygen atoms in total. The Kier molecular flexibility index (Phi) is 5.16. The van der Waals surface area contributed by atoms with E-state index in [4.69, 9.17) is 5.73 Å². The van der Waals surface area contributed by atoms with Crippen LogP contribution in [0.4, 0.5) is 0 Å². The summed E-state index contributed by atoms with van der Waals surface area (Å²) in [6, 6.07) is 5.54. The monoisotopic (exact) mass is 290 g/mol. The van der Waals surface area contributed by atoms with Gasteiger partial charge in [0.15, 0.2) is 0 Å². The number of rotatable bonds is 7. The van der Waals surface area contributed by atoms with Gasteiger partial charge < -0.3 is 21.0 Å². The number of imidazole rings is 1. The van der Waals surface area contributed by atoms with Gasteiger partial charge in [0.2, 0.25) is 5.91 Å². The summed E-state index contributed by atoms with van der Waals surface area (Å²) in [5.41, 5.74) is 7.68. The van der Waals surface area contributed by atoms with Crippen LogP contribution in [0.15, 0.2) is 23.0 Å². The highest BCUT2D eigenvalue weighted by atomic mass is 16.1. The molecule has 0 aliphatic rings. The van der Waals surface area contributed by atoms with Gasteiger partial charge in [0.1, 0.15) is 0 Å². The summed E-state index contributed by atoms with van der Waals surface area (Å²) >= 11 is 0. The van der Waals surface area contributed by atoms with Crippen LogP contribution < -0.4 is 16.7 Å². The quantitative estimate of drug-likeness (QED) is 0.582. The van der Waals surface area contributed by atoms with Crippen molar-refractivity contribution in [3.05, 3.63) is 34.2 Å². The first kappa shape index (κ1) is 15.3. The summed E-state index contributed by atoms with van der Waals surface area (Å²) in [5, 5.41) is 2.97. The average molecular weight is 290 g/mol. The molecule has 2 rings (SSSR count). The van der Waals surface area contributed by atoms with Crippen molar-refractivity contribution in [2.45, 2.75) is 38.6 Å². The Morgan fingerprint density at radius 3 is 2.76 bits per heavy atom. The Bertz CT molecular complexity index is 659. The molecule has 1 aromatic heterocycles. The van der Waals surface area contributed by atoms with E-state index in [2.05, 4.69) is 15.3 Å². The van der Waals surface area contributed by atoms with E-state index in [1.165, 1.54) is 0 Å². The number of benzene rings is 1. The molecule has 1 atom stereocenters. The number of carbonyl (C=O) groups excluding carboxylic acids is 1. The van der Waals surface area contributed by atoms with Gasteiger partial charge in [-0.15, -0.1) is 0 Å². The molecule has 1 unspecified atom stereocenters. The van der Waals surface area contributed by atoms with Gasteiger partial charge >= 0.3 is 5.69 Å². The molecule has 0 spiro atoms. The third-order valence-electron chi connectivity index (χ3n) is 3.53. The van der Waals surface area contributed by atoms with Gasteiger partial charge in [-0.05, 0) is 44.0 Å². The summed E-state index contributed by atoms with van der Waals surface area (Å²) in [7, 11) is 0. The number of hydrogen-bond donors (Lipinski definition) is 4. The Balaban J connectivity index is 1.93. The van der Waals surface area contributed by atoms with E-state index in [9.17, 15) is 9.59 Å². The normalized spacial score (nSPS) is 12.5.